The Morgan fingerprint density at radius 3 is 2.63 bits per heavy atom. The van der Waals surface area contributed by atoms with E-state index in [-0.39, 0.29) is 5.69 Å². The standard InChI is InChI=1S/C14H21FN2O2/c1-10(2)8-13(16-3)6-4-11-9-12(15)5-7-14(11)17(18)19/h5,7,9-10,13,16H,4,6,8H2,1-3H3. The SMILES string of the molecule is CNC(CCc1cc(F)ccc1[N+](=O)[O-])CC(C)C. The summed E-state index contributed by atoms with van der Waals surface area (Å²) >= 11 is 0. The third-order valence-corrected chi connectivity index (χ3v) is 3.16. The van der Waals surface area contributed by atoms with Crippen LogP contribution in [0.1, 0.15) is 32.3 Å². The number of hydrogen-bond donors (Lipinski definition) is 1. The first kappa shape index (κ1) is 15.6. The van der Waals surface area contributed by atoms with Crippen LogP contribution in [0.15, 0.2) is 18.2 Å². The van der Waals surface area contributed by atoms with Crippen molar-refractivity contribution in [1.29, 1.82) is 0 Å². The lowest BCUT2D eigenvalue weighted by molar-refractivity contribution is -0.385. The molecule has 0 saturated heterocycles. The Kier molecular flexibility index (Phi) is 5.89. The van der Waals surface area contributed by atoms with E-state index in [4.69, 9.17) is 0 Å². The third kappa shape index (κ3) is 4.95. The van der Waals surface area contributed by atoms with Gasteiger partial charge in [-0.1, -0.05) is 13.8 Å². The maximum Gasteiger partial charge on any atom is 0.272 e. The second kappa shape index (κ2) is 7.19. The highest BCUT2D eigenvalue weighted by atomic mass is 19.1. The molecule has 1 N–H and O–H groups in total. The molecule has 0 bridgehead atoms. The highest BCUT2D eigenvalue weighted by Gasteiger charge is 2.16. The second-order valence-electron chi connectivity index (χ2n) is 5.18. The molecule has 0 aliphatic rings. The molecule has 1 aromatic carbocycles. The Balaban J connectivity index is 2.75. The average Bonchev–Trinajstić information content (AvgIpc) is 2.33. The molecule has 1 rings (SSSR count). The van der Waals surface area contributed by atoms with Gasteiger partial charge >= 0.3 is 0 Å². The summed E-state index contributed by atoms with van der Waals surface area (Å²) in [5, 5.41) is 14.1. The van der Waals surface area contributed by atoms with E-state index in [1.165, 1.54) is 12.1 Å². The lowest BCUT2D eigenvalue weighted by Crippen LogP contribution is -2.27. The van der Waals surface area contributed by atoms with Crippen molar-refractivity contribution < 1.29 is 9.31 Å². The molecule has 1 unspecified atom stereocenters. The van der Waals surface area contributed by atoms with E-state index in [0.29, 0.717) is 23.9 Å². The van der Waals surface area contributed by atoms with Gasteiger partial charge in [0.2, 0.25) is 0 Å². The van der Waals surface area contributed by atoms with Crippen LogP contribution < -0.4 is 5.32 Å². The molecular weight excluding hydrogens is 247 g/mol. The largest absolute Gasteiger partial charge is 0.317 e. The number of nitro groups is 1. The van der Waals surface area contributed by atoms with E-state index in [9.17, 15) is 14.5 Å². The van der Waals surface area contributed by atoms with Gasteiger partial charge in [0.05, 0.1) is 4.92 Å². The molecule has 5 heteroatoms. The van der Waals surface area contributed by atoms with Gasteiger partial charge in [0.25, 0.3) is 5.69 Å². The number of aryl methyl sites for hydroxylation is 1. The van der Waals surface area contributed by atoms with E-state index < -0.39 is 10.7 Å². The summed E-state index contributed by atoms with van der Waals surface area (Å²) in [7, 11) is 1.88. The van der Waals surface area contributed by atoms with Crippen LogP contribution in [0.3, 0.4) is 0 Å². The van der Waals surface area contributed by atoms with Crippen molar-refractivity contribution in [3.63, 3.8) is 0 Å². The Labute approximate surface area is 113 Å². The third-order valence-electron chi connectivity index (χ3n) is 3.16. The smallest absolute Gasteiger partial charge is 0.272 e. The normalized spacial score (nSPS) is 12.7. The Hall–Kier alpha value is -1.49. The van der Waals surface area contributed by atoms with Gasteiger partial charge in [-0.2, -0.15) is 0 Å². The molecule has 0 saturated carbocycles. The fraction of sp³-hybridized carbons (Fsp3) is 0.571. The number of nitrogens with zero attached hydrogens (tertiary/aromatic N) is 1. The van der Waals surface area contributed by atoms with Crippen molar-refractivity contribution in [2.45, 2.75) is 39.2 Å². The van der Waals surface area contributed by atoms with E-state index in [2.05, 4.69) is 19.2 Å². The topological polar surface area (TPSA) is 55.2 Å². The minimum Gasteiger partial charge on any atom is -0.317 e. The molecule has 4 nitrogen and oxygen atoms in total. The molecule has 1 atom stereocenters. The van der Waals surface area contributed by atoms with Crippen LogP contribution >= 0.6 is 0 Å². The summed E-state index contributed by atoms with van der Waals surface area (Å²) in [6.07, 6.45) is 2.27. The van der Waals surface area contributed by atoms with Crippen molar-refractivity contribution in [3.8, 4) is 0 Å². The molecule has 19 heavy (non-hydrogen) atoms. The van der Waals surface area contributed by atoms with Crippen LogP contribution in [0.4, 0.5) is 10.1 Å². The molecule has 0 amide bonds. The second-order valence-corrected chi connectivity index (χ2v) is 5.18. The minimum absolute atomic E-state index is 0.000741. The van der Waals surface area contributed by atoms with Crippen LogP contribution in [0.2, 0.25) is 0 Å². The molecule has 106 valence electrons. The quantitative estimate of drug-likeness (QED) is 0.609. The summed E-state index contributed by atoms with van der Waals surface area (Å²) in [5.41, 5.74) is 0.467. The molecule has 0 aromatic heterocycles. The summed E-state index contributed by atoms with van der Waals surface area (Å²) in [6.45, 7) is 4.27. The van der Waals surface area contributed by atoms with Gasteiger partial charge in [-0.25, -0.2) is 4.39 Å². The number of nitrogens with one attached hydrogen (secondary N) is 1. The molecule has 0 aliphatic heterocycles. The molecule has 0 heterocycles. The zero-order chi connectivity index (χ0) is 14.4. The van der Waals surface area contributed by atoms with E-state index in [1.807, 2.05) is 7.05 Å². The van der Waals surface area contributed by atoms with E-state index in [1.54, 1.807) is 0 Å². The number of hydrogen-bond acceptors (Lipinski definition) is 3. The fourth-order valence-corrected chi connectivity index (χ4v) is 2.21. The summed E-state index contributed by atoms with van der Waals surface area (Å²) in [6, 6.07) is 3.93. The van der Waals surface area contributed by atoms with Crippen molar-refractivity contribution in [2.75, 3.05) is 7.05 Å². The lowest BCUT2D eigenvalue weighted by atomic mass is 9.97. The highest BCUT2D eigenvalue weighted by molar-refractivity contribution is 5.40. The molecule has 0 fully saturated rings. The van der Waals surface area contributed by atoms with Gasteiger partial charge in [0, 0.05) is 17.7 Å². The van der Waals surface area contributed by atoms with Crippen LogP contribution in [-0.2, 0) is 6.42 Å². The number of nitro benzene ring substituents is 1. The van der Waals surface area contributed by atoms with Crippen molar-refractivity contribution in [1.82, 2.24) is 5.32 Å². The van der Waals surface area contributed by atoms with E-state index in [0.717, 1.165) is 18.9 Å². The summed E-state index contributed by atoms with van der Waals surface area (Å²) in [4.78, 5) is 10.4. The van der Waals surface area contributed by atoms with Gasteiger partial charge in [0.15, 0.2) is 0 Å². The minimum atomic E-state index is -0.453. The van der Waals surface area contributed by atoms with Gasteiger partial charge in [-0.3, -0.25) is 10.1 Å². The predicted octanol–water partition coefficient (Wildman–Crippen LogP) is 3.30. The van der Waals surface area contributed by atoms with Crippen LogP contribution in [-0.4, -0.2) is 18.0 Å². The average molecular weight is 268 g/mol. The number of halogens is 1. The first-order chi connectivity index (χ1) is 8.93. The molecule has 0 aliphatic carbocycles. The molecule has 0 radical (unpaired) electrons. The molecule has 0 spiro atoms. The van der Waals surface area contributed by atoms with Crippen molar-refractivity contribution in [3.05, 3.63) is 39.7 Å². The predicted molar refractivity (Wildman–Crippen MR) is 73.7 cm³/mol. The van der Waals surface area contributed by atoms with Gasteiger partial charge in [-0.05, 0) is 44.4 Å². The Morgan fingerprint density at radius 1 is 1.42 bits per heavy atom. The van der Waals surface area contributed by atoms with Gasteiger partial charge < -0.3 is 5.32 Å². The first-order valence-corrected chi connectivity index (χ1v) is 6.54. The molecular formula is C14H21FN2O2. The summed E-state index contributed by atoms with van der Waals surface area (Å²) in [5.74, 6) is 0.130. The van der Waals surface area contributed by atoms with Crippen LogP contribution in [0.25, 0.3) is 0 Å². The maximum absolute atomic E-state index is 13.2. The van der Waals surface area contributed by atoms with Gasteiger partial charge in [0.1, 0.15) is 5.82 Å². The summed E-state index contributed by atoms with van der Waals surface area (Å²) < 4.78 is 13.2. The van der Waals surface area contributed by atoms with Crippen molar-refractivity contribution >= 4 is 5.69 Å². The van der Waals surface area contributed by atoms with Gasteiger partial charge in [-0.15, -0.1) is 0 Å². The molecule has 1 aromatic rings. The Bertz CT molecular complexity index is 435. The maximum atomic E-state index is 13.2. The zero-order valence-electron chi connectivity index (χ0n) is 11.6. The highest BCUT2D eigenvalue weighted by Crippen LogP contribution is 2.22. The zero-order valence-corrected chi connectivity index (χ0v) is 11.6. The number of rotatable bonds is 7. The lowest BCUT2D eigenvalue weighted by Gasteiger charge is -2.18. The Morgan fingerprint density at radius 2 is 2.11 bits per heavy atom. The monoisotopic (exact) mass is 268 g/mol. The van der Waals surface area contributed by atoms with E-state index >= 15 is 0 Å². The van der Waals surface area contributed by atoms with Crippen molar-refractivity contribution in [2.24, 2.45) is 5.92 Å². The van der Waals surface area contributed by atoms with Crippen LogP contribution in [0, 0.1) is 21.8 Å². The van der Waals surface area contributed by atoms with Crippen LogP contribution in [0.5, 0.6) is 0 Å². The fourth-order valence-electron chi connectivity index (χ4n) is 2.21. The number of benzene rings is 1. The first-order valence-electron chi connectivity index (χ1n) is 6.54.